The number of hydrogen-bond donors (Lipinski definition) is 2. The zero-order valence-electron chi connectivity index (χ0n) is 20.3. The molecule has 2 amide bonds. The number of thioether (sulfide) groups is 1. The van der Waals surface area contributed by atoms with E-state index < -0.39 is 0 Å². The molecule has 8 nitrogen and oxygen atoms in total. The second-order valence-electron chi connectivity index (χ2n) is 8.23. The summed E-state index contributed by atoms with van der Waals surface area (Å²) < 4.78 is 8.59. The van der Waals surface area contributed by atoms with Crippen molar-refractivity contribution in [3.63, 3.8) is 0 Å². The molecule has 0 aliphatic carbocycles. The van der Waals surface area contributed by atoms with Crippen LogP contribution in [0, 0.1) is 10.5 Å². The lowest BCUT2D eigenvalue weighted by Crippen LogP contribution is -2.29. The standard InChI is InChI=1S/C25H30IN5O3S/c1-5-31-22(13-27-23(32)14-34-20-9-6-18(7-10-20)16(2)3)29-30-25(31)35-15-24(33)28-21-11-8-19(26)12-17(21)4/h6-12,16H,5,13-15H2,1-4H3,(H,27,32)(H,28,33). The molecule has 2 aromatic carbocycles. The second-order valence-corrected chi connectivity index (χ2v) is 10.4. The summed E-state index contributed by atoms with van der Waals surface area (Å²) in [6.07, 6.45) is 0. The Balaban J connectivity index is 1.47. The number of nitrogens with one attached hydrogen (secondary N) is 2. The molecular weight excluding hydrogens is 577 g/mol. The van der Waals surface area contributed by atoms with Crippen LogP contribution in [0.5, 0.6) is 5.75 Å². The number of aromatic nitrogens is 3. The van der Waals surface area contributed by atoms with Crippen LogP contribution >= 0.6 is 34.4 Å². The molecule has 0 unspecified atom stereocenters. The van der Waals surface area contributed by atoms with Crippen LogP contribution in [0.1, 0.15) is 43.6 Å². The Morgan fingerprint density at radius 3 is 2.51 bits per heavy atom. The average molecular weight is 608 g/mol. The molecule has 0 spiro atoms. The lowest BCUT2D eigenvalue weighted by Gasteiger charge is -2.11. The van der Waals surface area contributed by atoms with Gasteiger partial charge in [0.2, 0.25) is 5.91 Å². The van der Waals surface area contributed by atoms with Gasteiger partial charge in [-0.1, -0.05) is 37.7 Å². The highest BCUT2D eigenvalue weighted by Crippen LogP contribution is 2.21. The number of rotatable bonds is 11. The molecule has 1 aromatic heterocycles. The van der Waals surface area contributed by atoms with E-state index in [1.807, 2.05) is 60.9 Å². The molecule has 0 aliphatic rings. The molecule has 35 heavy (non-hydrogen) atoms. The van der Waals surface area contributed by atoms with E-state index in [0.29, 0.717) is 29.2 Å². The molecule has 1 heterocycles. The van der Waals surface area contributed by atoms with Gasteiger partial charge in [-0.3, -0.25) is 9.59 Å². The zero-order valence-corrected chi connectivity index (χ0v) is 23.3. The molecule has 0 bridgehead atoms. The summed E-state index contributed by atoms with van der Waals surface area (Å²) in [5.74, 6) is 1.57. The van der Waals surface area contributed by atoms with Crippen molar-refractivity contribution >= 4 is 51.9 Å². The predicted molar refractivity (Wildman–Crippen MR) is 147 cm³/mol. The molecule has 10 heteroatoms. The van der Waals surface area contributed by atoms with Gasteiger partial charge < -0.3 is 19.9 Å². The summed E-state index contributed by atoms with van der Waals surface area (Å²) in [6, 6.07) is 13.6. The number of carbonyl (C=O) groups excluding carboxylic acids is 2. The lowest BCUT2D eigenvalue weighted by atomic mass is 10.0. The first kappa shape index (κ1) is 27.0. The fraction of sp³-hybridized carbons (Fsp3) is 0.360. The molecule has 0 aliphatic heterocycles. The Hall–Kier alpha value is -2.60. The largest absolute Gasteiger partial charge is 0.484 e. The number of benzene rings is 2. The van der Waals surface area contributed by atoms with Crippen molar-refractivity contribution in [2.45, 2.75) is 51.9 Å². The van der Waals surface area contributed by atoms with Crippen LogP contribution in [0.2, 0.25) is 0 Å². The van der Waals surface area contributed by atoms with E-state index >= 15 is 0 Å². The summed E-state index contributed by atoms with van der Waals surface area (Å²) in [6.45, 7) is 8.96. The normalized spacial score (nSPS) is 10.9. The van der Waals surface area contributed by atoms with E-state index in [1.165, 1.54) is 17.3 Å². The van der Waals surface area contributed by atoms with Gasteiger partial charge in [0.15, 0.2) is 17.6 Å². The molecule has 0 saturated carbocycles. The maximum atomic E-state index is 12.4. The van der Waals surface area contributed by atoms with E-state index in [2.05, 4.69) is 57.3 Å². The van der Waals surface area contributed by atoms with Crippen LogP contribution in [0.3, 0.4) is 0 Å². The number of hydrogen-bond acceptors (Lipinski definition) is 6. The van der Waals surface area contributed by atoms with Gasteiger partial charge in [0, 0.05) is 15.8 Å². The number of aryl methyl sites for hydroxylation is 1. The minimum absolute atomic E-state index is 0.0823. The van der Waals surface area contributed by atoms with Gasteiger partial charge in [0.05, 0.1) is 12.3 Å². The van der Waals surface area contributed by atoms with Gasteiger partial charge >= 0.3 is 0 Å². The Labute approximate surface area is 223 Å². The number of amides is 2. The van der Waals surface area contributed by atoms with E-state index in [9.17, 15) is 9.59 Å². The highest BCUT2D eigenvalue weighted by atomic mass is 127. The van der Waals surface area contributed by atoms with E-state index in [0.717, 1.165) is 14.8 Å². The molecular formula is C25H30IN5O3S. The van der Waals surface area contributed by atoms with Crippen LogP contribution in [0.15, 0.2) is 47.6 Å². The molecule has 2 N–H and O–H groups in total. The smallest absolute Gasteiger partial charge is 0.258 e. The lowest BCUT2D eigenvalue weighted by molar-refractivity contribution is -0.123. The maximum Gasteiger partial charge on any atom is 0.258 e. The molecule has 0 saturated heterocycles. The summed E-state index contributed by atoms with van der Waals surface area (Å²) >= 11 is 3.55. The number of anilines is 1. The van der Waals surface area contributed by atoms with Crippen LogP contribution in [0.4, 0.5) is 5.69 Å². The van der Waals surface area contributed by atoms with Crippen molar-refractivity contribution in [3.8, 4) is 5.75 Å². The van der Waals surface area contributed by atoms with Crippen molar-refractivity contribution in [2.24, 2.45) is 0 Å². The molecule has 3 rings (SSSR count). The number of ether oxygens (including phenoxy) is 1. The SMILES string of the molecule is CCn1c(CNC(=O)COc2ccc(C(C)C)cc2)nnc1SCC(=O)Nc1ccc(I)cc1C. The first-order valence-electron chi connectivity index (χ1n) is 11.4. The monoisotopic (exact) mass is 607 g/mol. The van der Waals surface area contributed by atoms with Crippen molar-refractivity contribution < 1.29 is 14.3 Å². The third-order valence-corrected chi connectivity index (χ3v) is 6.90. The molecule has 3 aromatic rings. The second kappa shape index (κ2) is 12.9. The van der Waals surface area contributed by atoms with Gasteiger partial charge in [0.25, 0.3) is 5.91 Å². The quantitative estimate of drug-likeness (QED) is 0.241. The molecule has 186 valence electrons. The Morgan fingerprint density at radius 1 is 1.11 bits per heavy atom. The third kappa shape index (κ3) is 7.96. The fourth-order valence-corrected chi connectivity index (χ4v) is 4.75. The number of nitrogens with zero attached hydrogens (tertiary/aromatic N) is 3. The van der Waals surface area contributed by atoms with Crippen molar-refractivity contribution in [1.82, 2.24) is 20.1 Å². The van der Waals surface area contributed by atoms with Crippen LogP contribution in [-0.2, 0) is 22.7 Å². The number of carbonyl (C=O) groups is 2. The molecule has 0 fully saturated rings. The van der Waals surface area contributed by atoms with Crippen LogP contribution in [0.25, 0.3) is 0 Å². The van der Waals surface area contributed by atoms with Crippen molar-refractivity contribution in [3.05, 3.63) is 63.0 Å². The van der Waals surface area contributed by atoms with Gasteiger partial charge in [-0.15, -0.1) is 10.2 Å². The minimum Gasteiger partial charge on any atom is -0.484 e. The fourth-order valence-electron chi connectivity index (χ4n) is 3.28. The van der Waals surface area contributed by atoms with Gasteiger partial charge in [-0.2, -0.15) is 0 Å². The average Bonchev–Trinajstić information content (AvgIpc) is 3.24. The van der Waals surface area contributed by atoms with Crippen LogP contribution in [-0.4, -0.2) is 38.9 Å². The highest BCUT2D eigenvalue weighted by Gasteiger charge is 2.15. The third-order valence-electron chi connectivity index (χ3n) is 5.26. The zero-order chi connectivity index (χ0) is 25.4. The summed E-state index contributed by atoms with van der Waals surface area (Å²) in [5, 5.41) is 14.8. The topological polar surface area (TPSA) is 98.1 Å². The molecule has 0 atom stereocenters. The van der Waals surface area contributed by atoms with E-state index in [-0.39, 0.29) is 30.7 Å². The Morgan fingerprint density at radius 2 is 1.86 bits per heavy atom. The van der Waals surface area contributed by atoms with Gasteiger partial charge in [-0.05, 0) is 83.8 Å². The Kier molecular flexibility index (Phi) is 9.96. The van der Waals surface area contributed by atoms with Crippen molar-refractivity contribution in [2.75, 3.05) is 17.7 Å². The summed E-state index contributed by atoms with van der Waals surface area (Å²) in [7, 11) is 0. The van der Waals surface area contributed by atoms with Gasteiger partial charge in [0.1, 0.15) is 5.75 Å². The first-order valence-corrected chi connectivity index (χ1v) is 13.4. The van der Waals surface area contributed by atoms with E-state index in [1.54, 1.807) is 0 Å². The first-order chi connectivity index (χ1) is 16.8. The van der Waals surface area contributed by atoms with E-state index in [4.69, 9.17) is 4.74 Å². The number of halogens is 1. The Bertz CT molecular complexity index is 1160. The summed E-state index contributed by atoms with van der Waals surface area (Å²) in [5.41, 5.74) is 3.04. The maximum absolute atomic E-state index is 12.4. The highest BCUT2D eigenvalue weighted by molar-refractivity contribution is 14.1. The van der Waals surface area contributed by atoms with Crippen LogP contribution < -0.4 is 15.4 Å². The predicted octanol–water partition coefficient (Wildman–Crippen LogP) is 4.76. The minimum atomic E-state index is -0.245. The van der Waals surface area contributed by atoms with Gasteiger partial charge in [-0.25, -0.2) is 0 Å². The summed E-state index contributed by atoms with van der Waals surface area (Å²) in [4.78, 5) is 24.7. The van der Waals surface area contributed by atoms with Crippen molar-refractivity contribution in [1.29, 1.82) is 0 Å². The molecule has 0 radical (unpaired) electrons.